The second-order valence-corrected chi connectivity index (χ2v) is 12.6. The second kappa shape index (κ2) is 14.5. The normalized spacial score (nSPS) is 20.3. The Morgan fingerprint density at radius 1 is 1.17 bits per heavy atom. The van der Waals surface area contributed by atoms with Crippen LogP contribution in [0.15, 0.2) is 23.1 Å². The molecule has 4 unspecified atom stereocenters. The lowest BCUT2D eigenvalue weighted by atomic mass is 9.76. The van der Waals surface area contributed by atoms with Gasteiger partial charge in [-0.1, -0.05) is 6.42 Å². The third-order valence-electron chi connectivity index (χ3n) is 8.20. The van der Waals surface area contributed by atoms with Crippen LogP contribution in [0.4, 0.5) is 18.9 Å². The molecule has 3 heterocycles. The first-order valence-electron chi connectivity index (χ1n) is 14.8. The van der Waals surface area contributed by atoms with Crippen molar-refractivity contribution in [2.24, 2.45) is 11.8 Å². The summed E-state index contributed by atoms with van der Waals surface area (Å²) in [7, 11) is 3.19. The average molecular weight is 668 g/mol. The van der Waals surface area contributed by atoms with Gasteiger partial charge in [0.25, 0.3) is 17.4 Å². The number of carbonyl (C=O) groups excluding carboxylic acids is 5. The number of likely N-dealkylation sites (N-methyl/N-ethyl adjacent to an activating group) is 1. The van der Waals surface area contributed by atoms with Crippen molar-refractivity contribution in [2.75, 3.05) is 26.0 Å². The lowest BCUT2D eigenvalue weighted by Crippen LogP contribution is -2.57. The van der Waals surface area contributed by atoms with Gasteiger partial charge in [0.1, 0.15) is 23.2 Å². The molecule has 1 saturated heterocycles. The van der Waals surface area contributed by atoms with Gasteiger partial charge in [-0.25, -0.2) is 4.98 Å². The smallest absolute Gasteiger partial charge is 0.353 e. The molecule has 1 saturated carbocycles. The molecule has 4 N–H and O–H groups in total. The van der Waals surface area contributed by atoms with E-state index in [4.69, 9.17) is 0 Å². The number of hydrogen-bond donors (Lipinski definition) is 4. The molecule has 13 nitrogen and oxygen atoms in total. The number of fused-ring (bicyclic) bond motifs is 2. The first kappa shape index (κ1) is 34.7. The Hall–Kier alpha value is -4.12. The minimum absolute atomic E-state index is 0.0873. The van der Waals surface area contributed by atoms with Crippen LogP contribution in [-0.2, 0) is 31.9 Å². The Morgan fingerprint density at radius 3 is 2.59 bits per heavy atom. The maximum atomic E-state index is 13.3. The predicted molar refractivity (Wildman–Crippen MR) is 161 cm³/mol. The number of likely N-dealkylation sites (tertiary alicyclic amines) is 1. The van der Waals surface area contributed by atoms with Crippen molar-refractivity contribution in [1.29, 1.82) is 0 Å². The van der Waals surface area contributed by atoms with Gasteiger partial charge >= 0.3 is 6.18 Å². The SMILES string of the molecule is CNC(=O)C(=O)CCC(NC(=O)c1sc(C(F)(F)F)nc1C)C(=O)Nc1cccn(CC(=O)NC2C3CCCC(C3)CN2C)c1=O. The topological polar surface area (TPSA) is 172 Å². The van der Waals surface area contributed by atoms with Crippen LogP contribution in [0, 0.1) is 18.8 Å². The summed E-state index contributed by atoms with van der Waals surface area (Å²) < 4.78 is 40.6. The molecule has 4 rings (SSSR count). The molecule has 0 spiro atoms. The molecule has 250 valence electrons. The summed E-state index contributed by atoms with van der Waals surface area (Å²) in [5.74, 6) is -3.32. The number of thiazole rings is 1. The summed E-state index contributed by atoms with van der Waals surface area (Å²) in [6.07, 6.45) is -0.145. The first-order valence-corrected chi connectivity index (χ1v) is 15.6. The number of pyridine rings is 1. The van der Waals surface area contributed by atoms with Gasteiger partial charge in [0.05, 0.1) is 11.9 Å². The lowest BCUT2D eigenvalue weighted by molar-refractivity contribution is -0.137. The highest BCUT2D eigenvalue weighted by Gasteiger charge is 2.38. The van der Waals surface area contributed by atoms with Crippen LogP contribution in [0.5, 0.6) is 0 Å². The van der Waals surface area contributed by atoms with Crippen molar-refractivity contribution in [3.8, 4) is 0 Å². The van der Waals surface area contributed by atoms with Gasteiger partial charge in [0.2, 0.25) is 17.6 Å². The third kappa shape index (κ3) is 8.37. The maximum Gasteiger partial charge on any atom is 0.443 e. The zero-order valence-electron chi connectivity index (χ0n) is 25.5. The summed E-state index contributed by atoms with van der Waals surface area (Å²) in [5, 5.41) is 8.59. The van der Waals surface area contributed by atoms with Gasteiger partial charge in [-0.15, -0.1) is 11.3 Å². The minimum Gasteiger partial charge on any atom is -0.353 e. The van der Waals surface area contributed by atoms with E-state index in [1.165, 1.54) is 38.7 Å². The number of amides is 4. The number of aryl methyl sites for hydroxylation is 1. The Balaban J connectivity index is 1.47. The van der Waals surface area contributed by atoms with E-state index in [9.17, 15) is 41.9 Å². The molecule has 0 aromatic carbocycles. The van der Waals surface area contributed by atoms with Gasteiger partial charge in [-0.3, -0.25) is 33.7 Å². The highest BCUT2D eigenvalue weighted by molar-refractivity contribution is 7.13. The molecule has 1 aliphatic heterocycles. The minimum atomic E-state index is -4.79. The average Bonchev–Trinajstić information content (AvgIpc) is 3.41. The van der Waals surface area contributed by atoms with Crippen LogP contribution in [-0.4, -0.2) is 76.7 Å². The number of rotatable bonds is 11. The van der Waals surface area contributed by atoms with Gasteiger partial charge in [0.15, 0.2) is 5.01 Å². The fraction of sp³-hybridized carbons (Fsp3) is 0.552. The van der Waals surface area contributed by atoms with E-state index in [0.29, 0.717) is 11.8 Å². The summed E-state index contributed by atoms with van der Waals surface area (Å²) in [4.78, 5) is 81.4. The molecule has 2 fully saturated rings. The quantitative estimate of drug-likeness (QED) is 0.262. The highest BCUT2D eigenvalue weighted by Crippen LogP contribution is 2.37. The molecule has 0 radical (unpaired) electrons. The van der Waals surface area contributed by atoms with E-state index < -0.39 is 64.0 Å². The van der Waals surface area contributed by atoms with E-state index >= 15 is 0 Å². The lowest BCUT2D eigenvalue weighted by Gasteiger charge is -2.46. The fourth-order valence-corrected chi connectivity index (χ4v) is 6.82. The number of Topliss-reactive ketones (excluding diaryl/α,β-unsaturated/α-hetero) is 1. The Bertz CT molecular complexity index is 1560. The van der Waals surface area contributed by atoms with Crippen molar-refractivity contribution < 1.29 is 37.1 Å². The summed E-state index contributed by atoms with van der Waals surface area (Å²) in [5.41, 5.74) is -1.18. The summed E-state index contributed by atoms with van der Waals surface area (Å²) in [6.45, 7) is 1.75. The standard InChI is InChI=1S/C29H36F3N7O6S/c1-15-22(46-28(34-15)29(30,31)32)26(44)35-18(9-10-20(40)25(43)33-2)24(42)36-19-8-5-11-39(27(19)45)14-21(41)37-23-17-7-4-6-16(12-17)13-38(23)3/h5,8,11,16-18,23H,4,6-7,9-10,12-14H2,1-3H3,(H,33,43)(H,35,44)(H,36,42)(H,37,41). The number of piperidine rings is 1. The molecular formula is C29H36F3N7O6S. The number of carbonyl (C=O) groups is 5. The van der Waals surface area contributed by atoms with E-state index in [0.717, 1.165) is 30.4 Å². The molecule has 46 heavy (non-hydrogen) atoms. The molecule has 4 amide bonds. The van der Waals surface area contributed by atoms with Gasteiger partial charge < -0.3 is 25.8 Å². The predicted octanol–water partition coefficient (Wildman–Crippen LogP) is 1.66. The van der Waals surface area contributed by atoms with Crippen molar-refractivity contribution in [3.05, 3.63) is 44.3 Å². The number of nitrogens with zero attached hydrogens (tertiary/aromatic N) is 3. The van der Waals surface area contributed by atoms with Gasteiger partial charge in [0, 0.05) is 26.2 Å². The number of alkyl halides is 3. The second-order valence-electron chi connectivity index (χ2n) is 11.6. The molecule has 2 aromatic heterocycles. The maximum absolute atomic E-state index is 13.3. The monoisotopic (exact) mass is 667 g/mol. The van der Waals surface area contributed by atoms with Crippen molar-refractivity contribution in [3.63, 3.8) is 0 Å². The van der Waals surface area contributed by atoms with Crippen molar-refractivity contribution in [1.82, 2.24) is 30.4 Å². The fourth-order valence-electron chi connectivity index (χ4n) is 5.98. The van der Waals surface area contributed by atoms with Crippen molar-refractivity contribution in [2.45, 2.75) is 70.4 Å². The molecule has 17 heteroatoms. The molecular weight excluding hydrogens is 631 g/mol. The highest BCUT2D eigenvalue weighted by atomic mass is 32.1. The summed E-state index contributed by atoms with van der Waals surface area (Å²) in [6, 6.07) is 1.18. The third-order valence-corrected chi connectivity index (χ3v) is 9.40. The van der Waals surface area contributed by atoms with Crippen LogP contribution in [0.1, 0.15) is 58.9 Å². The first-order chi connectivity index (χ1) is 21.7. The number of aromatic nitrogens is 2. The van der Waals surface area contributed by atoms with Crippen LogP contribution in [0.2, 0.25) is 0 Å². The zero-order chi connectivity index (χ0) is 33.8. The molecule has 2 aromatic rings. The molecule has 2 aliphatic rings. The number of nitrogens with one attached hydrogen (secondary N) is 4. The van der Waals surface area contributed by atoms with Crippen LogP contribution in [0.25, 0.3) is 0 Å². The van der Waals surface area contributed by atoms with Gasteiger partial charge in [-0.2, -0.15) is 13.2 Å². The largest absolute Gasteiger partial charge is 0.443 e. The number of anilines is 1. The van der Waals surface area contributed by atoms with E-state index in [2.05, 4.69) is 31.2 Å². The van der Waals surface area contributed by atoms with Crippen LogP contribution >= 0.6 is 11.3 Å². The Labute approximate surface area is 266 Å². The van der Waals surface area contributed by atoms with E-state index in [1.54, 1.807) is 0 Å². The number of hydrogen-bond acceptors (Lipinski definition) is 9. The number of ketones is 1. The van der Waals surface area contributed by atoms with E-state index in [1.807, 2.05) is 7.05 Å². The van der Waals surface area contributed by atoms with Crippen LogP contribution < -0.4 is 26.8 Å². The zero-order valence-corrected chi connectivity index (χ0v) is 26.3. The van der Waals surface area contributed by atoms with E-state index in [-0.39, 0.29) is 41.3 Å². The molecule has 2 bridgehead atoms. The Morgan fingerprint density at radius 2 is 1.91 bits per heavy atom. The van der Waals surface area contributed by atoms with Crippen molar-refractivity contribution >= 4 is 46.4 Å². The molecule has 4 atom stereocenters. The van der Waals surface area contributed by atoms with Crippen LogP contribution in [0.3, 0.4) is 0 Å². The van der Waals surface area contributed by atoms with Gasteiger partial charge in [-0.05, 0) is 63.6 Å². The number of halogens is 3. The Kier molecular flexibility index (Phi) is 11.0. The summed E-state index contributed by atoms with van der Waals surface area (Å²) >= 11 is 0.0873. The molecule has 1 aliphatic carbocycles.